The van der Waals surface area contributed by atoms with Gasteiger partial charge in [0.1, 0.15) is 0 Å². The minimum atomic E-state index is -4.33. The van der Waals surface area contributed by atoms with Crippen molar-refractivity contribution in [2.75, 3.05) is 0 Å². The van der Waals surface area contributed by atoms with E-state index in [1.165, 1.54) is 12.3 Å². The van der Waals surface area contributed by atoms with E-state index in [1.807, 2.05) is 0 Å². The first-order valence-electron chi connectivity index (χ1n) is 4.67. The third kappa shape index (κ3) is 3.51. The van der Waals surface area contributed by atoms with Crippen LogP contribution in [0.2, 0.25) is 0 Å². The Labute approximate surface area is 86.3 Å². The van der Waals surface area contributed by atoms with E-state index in [-0.39, 0.29) is 11.6 Å². The molecule has 1 atom stereocenters. The van der Waals surface area contributed by atoms with Crippen LogP contribution in [0.3, 0.4) is 0 Å². The molecule has 0 radical (unpaired) electrons. The van der Waals surface area contributed by atoms with E-state index in [0.717, 1.165) is 6.20 Å². The quantitative estimate of drug-likeness (QED) is 0.845. The molecule has 0 fully saturated rings. The fourth-order valence-electron chi connectivity index (χ4n) is 1.28. The molecule has 0 saturated carbocycles. The average molecular weight is 218 g/mol. The number of pyridine rings is 1. The Kier molecular flexibility index (Phi) is 3.68. The minimum absolute atomic E-state index is 0.0979. The van der Waals surface area contributed by atoms with Crippen LogP contribution < -0.4 is 5.73 Å². The van der Waals surface area contributed by atoms with Crippen LogP contribution in [0.25, 0.3) is 0 Å². The van der Waals surface area contributed by atoms with Gasteiger partial charge in [-0.3, -0.25) is 4.98 Å². The summed E-state index contributed by atoms with van der Waals surface area (Å²) < 4.78 is 37.5. The topological polar surface area (TPSA) is 38.9 Å². The molecular formula is C10H13F3N2. The Morgan fingerprint density at radius 3 is 2.67 bits per heavy atom. The van der Waals surface area contributed by atoms with Gasteiger partial charge in [0, 0.05) is 18.4 Å². The summed E-state index contributed by atoms with van der Waals surface area (Å²) in [6.07, 6.45) is -1.24. The second-order valence-electron chi connectivity index (χ2n) is 3.55. The number of alkyl halides is 3. The number of rotatable bonds is 3. The van der Waals surface area contributed by atoms with Gasteiger partial charge in [-0.15, -0.1) is 0 Å². The molecule has 1 heterocycles. The Morgan fingerprint density at radius 2 is 2.13 bits per heavy atom. The molecule has 15 heavy (non-hydrogen) atoms. The van der Waals surface area contributed by atoms with E-state index >= 15 is 0 Å². The van der Waals surface area contributed by atoms with Gasteiger partial charge in [-0.05, 0) is 31.4 Å². The van der Waals surface area contributed by atoms with E-state index in [9.17, 15) is 13.2 Å². The molecule has 0 saturated heterocycles. The molecule has 0 spiro atoms. The van der Waals surface area contributed by atoms with Crippen LogP contribution >= 0.6 is 0 Å². The number of hydrogen-bond donors (Lipinski definition) is 1. The van der Waals surface area contributed by atoms with Gasteiger partial charge in [-0.1, -0.05) is 0 Å². The van der Waals surface area contributed by atoms with Gasteiger partial charge in [0.15, 0.2) is 0 Å². The van der Waals surface area contributed by atoms with E-state index < -0.39 is 11.7 Å². The first kappa shape index (κ1) is 12.0. The normalized spacial score (nSPS) is 13.9. The summed E-state index contributed by atoms with van der Waals surface area (Å²) in [7, 11) is 0. The van der Waals surface area contributed by atoms with Gasteiger partial charge in [0.2, 0.25) is 0 Å². The Bertz CT molecular complexity index is 321. The Hall–Kier alpha value is -1.10. The van der Waals surface area contributed by atoms with Gasteiger partial charge in [-0.25, -0.2) is 0 Å². The van der Waals surface area contributed by atoms with Crippen LogP contribution in [0.1, 0.15) is 24.5 Å². The van der Waals surface area contributed by atoms with Crippen LogP contribution in [0.5, 0.6) is 0 Å². The molecule has 0 bridgehead atoms. The van der Waals surface area contributed by atoms with Crippen molar-refractivity contribution in [3.8, 4) is 0 Å². The summed E-state index contributed by atoms with van der Waals surface area (Å²) in [6, 6.07) is 1.30. The number of halogens is 3. The summed E-state index contributed by atoms with van der Waals surface area (Å²) >= 11 is 0. The maximum absolute atomic E-state index is 12.5. The maximum Gasteiger partial charge on any atom is 0.418 e. The van der Waals surface area contributed by atoms with E-state index in [4.69, 9.17) is 5.73 Å². The average Bonchev–Trinajstić information content (AvgIpc) is 2.13. The third-order valence-electron chi connectivity index (χ3n) is 2.09. The lowest BCUT2D eigenvalue weighted by Gasteiger charge is -2.12. The van der Waals surface area contributed by atoms with Gasteiger partial charge in [-0.2, -0.15) is 13.2 Å². The molecule has 0 aliphatic rings. The van der Waals surface area contributed by atoms with E-state index in [1.54, 1.807) is 6.92 Å². The van der Waals surface area contributed by atoms with Crippen molar-refractivity contribution in [3.63, 3.8) is 0 Å². The van der Waals surface area contributed by atoms with Crippen LogP contribution in [-0.4, -0.2) is 11.0 Å². The maximum atomic E-state index is 12.5. The van der Waals surface area contributed by atoms with Crippen molar-refractivity contribution in [2.24, 2.45) is 5.73 Å². The molecule has 1 aromatic heterocycles. The minimum Gasteiger partial charge on any atom is -0.328 e. The smallest absolute Gasteiger partial charge is 0.328 e. The van der Waals surface area contributed by atoms with Crippen molar-refractivity contribution < 1.29 is 13.2 Å². The highest BCUT2D eigenvalue weighted by Crippen LogP contribution is 2.31. The molecule has 1 rings (SSSR count). The second-order valence-corrected chi connectivity index (χ2v) is 3.55. The summed E-state index contributed by atoms with van der Waals surface area (Å²) in [5.74, 6) is 0. The fourth-order valence-corrected chi connectivity index (χ4v) is 1.28. The highest BCUT2D eigenvalue weighted by atomic mass is 19.4. The molecule has 0 aliphatic carbocycles. The third-order valence-corrected chi connectivity index (χ3v) is 2.09. The molecule has 0 amide bonds. The van der Waals surface area contributed by atoms with Crippen LogP contribution in [0.15, 0.2) is 18.5 Å². The molecule has 1 aromatic rings. The molecule has 84 valence electrons. The second kappa shape index (κ2) is 4.61. The van der Waals surface area contributed by atoms with E-state index in [0.29, 0.717) is 12.8 Å². The Morgan fingerprint density at radius 1 is 1.47 bits per heavy atom. The van der Waals surface area contributed by atoms with Gasteiger partial charge < -0.3 is 5.73 Å². The largest absolute Gasteiger partial charge is 0.418 e. The molecule has 5 heteroatoms. The molecule has 0 unspecified atom stereocenters. The molecular weight excluding hydrogens is 205 g/mol. The van der Waals surface area contributed by atoms with Crippen molar-refractivity contribution in [1.82, 2.24) is 4.98 Å². The molecule has 2 N–H and O–H groups in total. The zero-order valence-corrected chi connectivity index (χ0v) is 8.38. The van der Waals surface area contributed by atoms with Crippen LogP contribution in [-0.2, 0) is 12.6 Å². The lowest BCUT2D eigenvalue weighted by atomic mass is 10.0. The fraction of sp³-hybridized carbons (Fsp3) is 0.500. The lowest BCUT2D eigenvalue weighted by molar-refractivity contribution is -0.138. The van der Waals surface area contributed by atoms with Crippen molar-refractivity contribution in [1.29, 1.82) is 0 Å². The number of aryl methyl sites for hydroxylation is 1. The molecule has 0 aliphatic heterocycles. The first-order valence-corrected chi connectivity index (χ1v) is 4.67. The summed E-state index contributed by atoms with van der Waals surface area (Å²) in [5, 5.41) is 0. The molecule has 2 nitrogen and oxygen atoms in total. The van der Waals surface area contributed by atoms with Crippen molar-refractivity contribution in [3.05, 3.63) is 29.6 Å². The standard InChI is InChI=1S/C10H13F3N2/c1-7(14)2-3-8-4-5-15-6-9(8)10(11,12)13/h4-7H,2-3,14H2,1H3/t7-/m1/s1. The monoisotopic (exact) mass is 218 g/mol. The zero-order chi connectivity index (χ0) is 11.5. The lowest BCUT2D eigenvalue weighted by Crippen LogP contribution is -2.17. The predicted molar refractivity (Wildman–Crippen MR) is 51.2 cm³/mol. The summed E-state index contributed by atoms with van der Waals surface area (Å²) in [4.78, 5) is 3.49. The van der Waals surface area contributed by atoms with Gasteiger partial charge in [0.05, 0.1) is 5.56 Å². The highest BCUT2D eigenvalue weighted by molar-refractivity contribution is 5.26. The summed E-state index contributed by atoms with van der Waals surface area (Å²) in [5.41, 5.74) is 5.10. The van der Waals surface area contributed by atoms with Crippen molar-refractivity contribution >= 4 is 0 Å². The number of hydrogen-bond acceptors (Lipinski definition) is 2. The Balaban J connectivity index is 2.87. The van der Waals surface area contributed by atoms with Crippen LogP contribution in [0.4, 0.5) is 13.2 Å². The molecule has 0 aromatic carbocycles. The van der Waals surface area contributed by atoms with Crippen molar-refractivity contribution in [2.45, 2.75) is 32.0 Å². The number of nitrogens with two attached hydrogens (primary N) is 1. The summed E-state index contributed by atoms with van der Waals surface area (Å²) in [6.45, 7) is 1.77. The number of aromatic nitrogens is 1. The van der Waals surface area contributed by atoms with Crippen LogP contribution in [0, 0.1) is 0 Å². The first-order chi connectivity index (χ1) is 6.91. The number of nitrogens with zero attached hydrogens (tertiary/aromatic N) is 1. The van der Waals surface area contributed by atoms with E-state index in [2.05, 4.69) is 4.98 Å². The van der Waals surface area contributed by atoms with Gasteiger partial charge >= 0.3 is 6.18 Å². The highest BCUT2D eigenvalue weighted by Gasteiger charge is 2.33. The SMILES string of the molecule is C[C@@H](N)CCc1ccncc1C(F)(F)F. The van der Waals surface area contributed by atoms with Gasteiger partial charge in [0.25, 0.3) is 0 Å². The predicted octanol–water partition coefficient (Wildman–Crippen LogP) is 2.38. The zero-order valence-electron chi connectivity index (χ0n) is 8.38.